The van der Waals surface area contributed by atoms with E-state index in [1.54, 1.807) is 0 Å². The van der Waals surface area contributed by atoms with Crippen molar-refractivity contribution >= 4 is 40.3 Å². The topological polar surface area (TPSA) is 33.2 Å². The SMILES string of the molecule is CN1C(=O)C(=Cc2cccc(-c3cc(C(F)(F)F)cc(C(F)(F)F)c3)n2)SC1=S. The number of pyridine rings is 1. The highest BCUT2D eigenvalue weighted by molar-refractivity contribution is 8.26. The summed E-state index contributed by atoms with van der Waals surface area (Å²) in [6, 6.07) is 5.45. The van der Waals surface area contributed by atoms with E-state index >= 15 is 0 Å². The first-order chi connectivity index (χ1) is 13.4. The van der Waals surface area contributed by atoms with Crippen molar-refractivity contribution in [2.75, 3.05) is 7.05 Å². The number of likely N-dealkylation sites (N-methyl/N-ethyl adjacent to an activating group) is 1. The Balaban J connectivity index is 2.07. The minimum absolute atomic E-state index is 0.0555. The van der Waals surface area contributed by atoms with Crippen LogP contribution in [0.5, 0.6) is 0 Å². The van der Waals surface area contributed by atoms with E-state index < -0.39 is 23.5 Å². The molecule has 1 aliphatic rings. The van der Waals surface area contributed by atoms with Crippen molar-refractivity contribution in [2.24, 2.45) is 0 Å². The number of alkyl halides is 6. The Hall–Kier alpha value is -2.40. The van der Waals surface area contributed by atoms with Gasteiger partial charge in [-0.2, -0.15) is 26.3 Å². The Bertz CT molecular complexity index is 997. The normalized spacial score (nSPS) is 16.8. The summed E-state index contributed by atoms with van der Waals surface area (Å²) in [5.74, 6) is -0.370. The molecule has 3 rings (SSSR count). The van der Waals surface area contributed by atoms with Gasteiger partial charge in [0.05, 0.1) is 27.4 Å². The maximum absolute atomic E-state index is 13.1. The average molecular weight is 448 g/mol. The number of thiocarbonyl (C=S) groups is 1. The van der Waals surface area contributed by atoms with Crippen molar-refractivity contribution in [3.05, 3.63) is 58.1 Å². The van der Waals surface area contributed by atoms with Crippen LogP contribution in [0.2, 0.25) is 0 Å². The smallest absolute Gasteiger partial charge is 0.296 e. The van der Waals surface area contributed by atoms with E-state index in [4.69, 9.17) is 12.2 Å². The van der Waals surface area contributed by atoms with E-state index in [1.165, 1.54) is 36.2 Å². The van der Waals surface area contributed by atoms with Gasteiger partial charge < -0.3 is 0 Å². The Morgan fingerprint density at radius 2 is 1.62 bits per heavy atom. The Labute approximate surface area is 170 Å². The number of hydrogen-bond donors (Lipinski definition) is 0. The molecule has 1 fully saturated rings. The molecular formula is C18H10F6N2OS2. The Morgan fingerprint density at radius 1 is 1.03 bits per heavy atom. The molecule has 152 valence electrons. The third kappa shape index (κ3) is 4.61. The minimum Gasteiger partial charge on any atom is -0.296 e. The number of thioether (sulfide) groups is 1. The monoisotopic (exact) mass is 448 g/mol. The standard InChI is InChI=1S/C18H10F6N2OS2/c1-26-15(27)14(29-16(26)28)8-12-3-2-4-13(25-12)9-5-10(17(19,20)21)7-11(6-9)18(22,23)24/h2-8H,1H3. The van der Waals surface area contributed by atoms with Crippen LogP contribution in [-0.2, 0) is 17.1 Å². The predicted molar refractivity (Wildman–Crippen MR) is 101 cm³/mol. The molecule has 11 heteroatoms. The highest BCUT2D eigenvalue weighted by Crippen LogP contribution is 2.38. The maximum atomic E-state index is 13.1. The molecule has 1 amide bonds. The van der Waals surface area contributed by atoms with Gasteiger partial charge in [0.15, 0.2) is 0 Å². The van der Waals surface area contributed by atoms with Gasteiger partial charge in [-0.15, -0.1) is 0 Å². The van der Waals surface area contributed by atoms with Gasteiger partial charge in [-0.1, -0.05) is 30.0 Å². The summed E-state index contributed by atoms with van der Waals surface area (Å²) < 4.78 is 78.7. The molecule has 0 spiro atoms. The number of aromatic nitrogens is 1. The molecule has 29 heavy (non-hydrogen) atoms. The lowest BCUT2D eigenvalue weighted by molar-refractivity contribution is -0.143. The number of halogens is 6. The van der Waals surface area contributed by atoms with Crippen LogP contribution in [-0.4, -0.2) is 27.2 Å². The molecule has 1 aliphatic heterocycles. The molecule has 1 aromatic carbocycles. The second-order valence-electron chi connectivity index (χ2n) is 5.98. The highest BCUT2D eigenvalue weighted by atomic mass is 32.2. The number of rotatable bonds is 2. The molecule has 2 heterocycles. The first-order valence-corrected chi connectivity index (χ1v) is 9.07. The number of amides is 1. The fraction of sp³-hybridized carbons (Fsp3) is 0.167. The molecule has 0 unspecified atom stereocenters. The van der Waals surface area contributed by atoms with Crippen molar-refractivity contribution in [1.29, 1.82) is 0 Å². The van der Waals surface area contributed by atoms with Crippen molar-refractivity contribution in [1.82, 2.24) is 9.88 Å². The second kappa shape index (κ2) is 7.45. The van der Waals surface area contributed by atoms with Gasteiger partial charge in [0.2, 0.25) is 0 Å². The average Bonchev–Trinajstić information content (AvgIpc) is 2.87. The van der Waals surface area contributed by atoms with Gasteiger partial charge in [0.25, 0.3) is 5.91 Å². The summed E-state index contributed by atoms with van der Waals surface area (Å²) in [5.41, 5.74) is -3.10. The summed E-state index contributed by atoms with van der Waals surface area (Å²) in [6.07, 6.45) is -8.53. The molecule has 1 saturated heterocycles. The zero-order valence-corrected chi connectivity index (χ0v) is 16.1. The molecule has 0 aliphatic carbocycles. The first kappa shape index (κ1) is 21.3. The van der Waals surface area contributed by atoms with E-state index in [9.17, 15) is 31.1 Å². The number of carbonyl (C=O) groups is 1. The lowest BCUT2D eigenvalue weighted by atomic mass is 10.0. The molecule has 0 radical (unpaired) electrons. The molecule has 3 nitrogen and oxygen atoms in total. The number of hydrogen-bond acceptors (Lipinski definition) is 4. The summed E-state index contributed by atoms with van der Waals surface area (Å²) in [7, 11) is 1.49. The number of carbonyl (C=O) groups excluding carboxylic acids is 1. The zero-order chi connectivity index (χ0) is 21.6. The summed E-state index contributed by atoms with van der Waals surface area (Å²) in [5, 5.41) is 0. The highest BCUT2D eigenvalue weighted by Gasteiger charge is 2.37. The molecule has 1 aromatic heterocycles. The van der Waals surface area contributed by atoms with Crippen LogP contribution in [0.4, 0.5) is 26.3 Å². The minimum atomic E-state index is -4.96. The molecular weight excluding hydrogens is 438 g/mol. The molecule has 0 bridgehead atoms. The molecule has 2 aromatic rings. The van der Waals surface area contributed by atoms with Gasteiger partial charge >= 0.3 is 12.4 Å². The van der Waals surface area contributed by atoms with Crippen molar-refractivity contribution < 1.29 is 31.1 Å². The van der Waals surface area contributed by atoms with E-state index in [2.05, 4.69) is 4.98 Å². The number of nitrogens with zero attached hydrogens (tertiary/aromatic N) is 2. The quantitative estimate of drug-likeness (QED) is 0.339. The van der Waals surface area contributed by atoms with Crippen LogP contribution in [0.1, 0.15) is 16.8 Å². The Morgan fingerprint density at radius 3 is 2.10 bits per heavy atom. The van der Waals surface area contributed by atoms with Gasteiger partial charge in [-0.3, -0.25) is 9.69 Å². The van der Waals surface area contributed by atoms with Crippen LogP contribution in [0.3, 0.4) is 0 Å². The summed E-state index contributed by atoms with van der Waals surface area (Å²) in [4.78, 5) is 17.7. The van der Waals surface area contributed by atoms with Crippen LogP contribution in [0.25, 0.3) is 17.3 Å². The fourth-order valence-electron chi connectivity index (χ4n) is 2.48. The summed E-state index contributed by atoms with van der Waals surface area (Å²) >= 11 is 6.03. The van der Waals surface area contributed by atoms with Crippen LogP contribution < -0.4 is 0 Å². The lowest BCUT2D eigenvalue weighted by Crippen LogP contribution is -2.22. The van der Waals surface area contributed by atoms with E-state index in [0.717, 1.165) is 11.8 Å². The maximum Gasteiger partial charge on any atom is 0.416 e. The van der Waals surface area contributed by atoms with Crippen molar-refractivity contribution in [3.63, 3.8) is 0 Å². The molecule has 0 N–H and O–H groups in total. The number of benzene rings is 1. The Kier molecular flexibility index (Phi) is 5.48. The van der Waals surface area contributed by atoms with Gasteiger partial charge in [0, 0.05) is 12.6 Å². The second-order valence-corrected chi connectivity index (χ2v) is 7.66. The zero-order valence-electron chi connectivity index (χ0n) is 14.4. The first-order valence-electron chi connectivity index (χ1n) is 7.85. The van der Waals surface area contributed by atoms with Crippen molar-refractivity contribution in [3.8, 4) is 11.3 Å². The van der Waals surface area contributed by atoms with Crippen LogP contribution in [0.15, 0.2) is 41.3 Å². The van der Waals surface area contributed by atoms with E-state index in [0.29, 0.717) is 16.5 Å². The largest absolute Gasteiger partial charge is 0.416 e. The van der Waals surface area contributed by atoms with Crippen LogP contribution in [0, 0.1) is 0 Å². The summed E-state index contributed by atoms with van der Waals surface area (Å²) in [6.45, 7) is 0. The molecule has 0 saturated carbocycles. The van der Waals surface area contributed by atoms with Crippen LogP contribution >= 0.6 is 24.0 Å². The predicted octanol–water partition coefficient (Wildman–Crippen LogP) is 5.62. The lowest BCUT2D eigenvalue weighted by Gasteiger charge is -2.14. The van der Waals surface area contributed by atoms with E-state index in [1.807, 2.05) is 0 Å². The fourth-order valence-corrected chi connectivity index (χ4v) is 3.64. The third-order valence-electron chi connectivity index (χ3n) is 3.92. The molecule has 0 atom stereocenters. The van der Waals surface area contributed by atoms with E-state index in [-0.39, 0.29) is 33.8 Å². The van der Waals surface area contributed by atoms with Crippen molar-refractivity contribution in [2.45, 2.75) is 12.4 Å². The van der Waals surface area contributed by atoms with Gasteiger partial charge in [-0.25, -0.2) is 4.98 Å². The van der Waals surface area contributed by atoms with Gasteiger partial charge in [0.1, 0.15) is 4.32 Å². The third-order valence-corrected chi connectivity index (χ3v) is 5.40. The van der Waals surface area contributed by atoms with Gasteiger partial charge in [-0.05, 0) is 36.4 Å².